The molecule has 90 valence electrons. The second-order valence-electron chi connectivity index (χ2n) is 3.93. The summed E-state index contributed by atoms with van der Waals surface area (Å²) in [4.78, 5) is 0. The molecule has 0 heterocycles. The third-order valence-corrected chi connectivity index (χ3v) is 4.99. The van der Waals surface area contributed by atoms with Gasteiger partial charge in [-0.25, -0.2) is 0 Å². The molecule has 1 rings (SSSR count). The molecule has 0 saturated heterocycles. The monoisotopic (exact) mass is 234 g/mol. The van der Waals surface area contributed by atoms with Crippen molar-refractivity contribution in [3.63, 3.8) is 0 Å². The van der Waals surface area contributed by atoms with E-state index < -0.39 is 9.05 Å². The Labute approximate surface area is 93.3 Å². The zero-order valence-corrected chi connectivity index (χ0v) is 11.0. The van der Waals surface area contributed by atoms with Crippen LogP contribution in [0.15, 0.2) is 0 Å². The van der Waals surface area contributed by atoms with Gasteiger partial charge in [-0.3, -0.25) is 0 Å². The van der Waals surface area contributed by atoms with Gasteiger partial charge in [-0.05, 0) is 18.8 Å². The van der Waals surface area contributed by atoms with Gasteiger partial charge in [0.25, 0.3) is 0 Å². The summed E-state index contributed by atoms with van der Waals surface area (Å²) < 4.78 is 21.3. The molecule has 5 heteroatoms. The van der Waals surface area contributed by atoms with Crippen LogP contribution in [0.1, 0.15) is 32.1 Å². The normalized spacial score (nSPS) is 19.4. The average Bonchev–Trinajstić information content (AvgIpc) is 2.33. The Morgan fingerprint density at radius 2 is 1.47 bits per heavy atom. The molecular weight excluding hydrogens is 212 g/mol. The average molecular weight is 234 g/mol. The first-order valence-corrected chi connectivity index (χ1v) is 7.19. The van der Waals surface area contributed by atoms with Crippen LogP contribution in [-0.4, -0.2) is 37.0 Å². The van der Waals surface area contributed by atoms with Crippen LogP contribution in [-0.2, 0) is 17.7 Å². The van der Waals surface area contributed by atoms with Gasteiger partial charge in [0.1, 0.15) is 0 Å². The highest BCUT2D eigenvalue weighted by molar-refractivity contribution is 6.53. The van der Waals surface area contributed by atoms with Crippen LogP contribution < -0.4 is 0 Å². The molecule has 15 heavy (non-hydrogen) atoms. The topological polar surface area (TPSA) is 36.9 Å². The standard InChI is InChI=1S/C10H22O4Si/c1-11-15(12-2,13-3)14-9-10-7-5-4-6-8-10/h10H,4-9H2,1-3H3. The van der Waals surface area contributed by atoms with Crippen LogP contribution in [0.3, 0.4) is 0 Å². The van der Waals surface area contributed by atoms with Gasteiger partial charge >= 0.3 is 9.05 Å². The summed E-state index contributed by atoms with van der Waals surface area (Å²) in [6, 6.07) is 0. The summed E-state index contributed by atoms with van der Waals surface area (Å²) in [6.07, 6.45) is 6.49. The van der Waals surface area contributed by atoms with Crippen LogP contribution in [0, 0.1) is 5.92 Å². The second kappa shape index (κ2) is 6.60. The van der Waals surface area contributed by atoms with Crippen molar-refractivity contribution in [3.05, 3.63) is 0 Å². The van der Waals surface area contributed by atoms with E-state index in [-0.39, 0.29) is 0 Å². The zero-order valence-electron chi connectivity index (χ0n) is 9.95. The lowest BCUT2D eigenvalue weighted by Gasteiger charge is -2.27. The highest BCUT2D eigenvalue weighted by Crippen LogP contribution is 2.25. The zero-order chi connectivity index (χ0) is 11.1. The van der Waals surface area contributed by atoms with Gasteiger partial charge in [0, 0.05) is 27.9 Å². The van der Waals surface area contributed by atoms with Crippen LogP contribution in [0.25, 0.3) is 0 Å². The van der Waals surface area contributed by atoms with Gasteiger partial charge in [-0.1, -0.05) is 19.3 Å². The Bertz CT molecular complexity index is 159. The van der Waals surface area contributed by atoms with E-state index in [9.17, 15) is 0 Å². The molecule has 0 aromatic rings. The minimum atomic E-state index is -2.80. The van der Waals surface area contributed by atoms with Crippen molar-refractivity contribution in [2.45, 2.75) is 32.1 Å². The van der Waals surface area contributed by atoms with E-state index in [0.717, 1.165) is 0 Å². The summed E-state index contributed by atoms with van der Waals surface area (Å²) in [7, 11) is 1.91. The van der Waals surface area contributed by atoms with E-state index in [1.54, 1.807) is 21.3 Å². The van der Waals surface area contributed by atoms with Crippen molar-refractivity contribution in [2.75, 3.05) is 27.9 Å². The molecule has 0 spiro atoms. The van der Waals surface area contributed by atoms with Crippen LogP contribution in [0.5, 0.6) is 0 Å². The molecule has 4 nitrogen and oxygen atoms in total. The van der Waals surface area contributed by atoms with Crippen LogP contribution >= 0.6 is 0 Å². The lowest BCUT2D eigenvalue weighted by atomic mass is 9.90. The summed E-state index contributed by atoms with van der Waals surface area (Å²) >= 11 is 0. The van der Waals surface area contributed by atoms with E-state index in [4.69, 9.17) is 17.7 Å². The summed E-state index contributed by atoms with van der Waals surface area (Å²) in [5.74, 6) is 0.645. The largest absolute Gasteiger partial charge is 0.678 e. The van der Waals surface area contributed by atoms with E-state index in [1.807, 2.05) is 0 Å². The number of hydrogen-bond acceptors (Lipinski definition) is 4. The van der Waals surface area contributed by atoms with E-state index in [0.29, 0.717) is 12.5 Å². The summed E-state index contributed by atoms with van der Waals surface area (Å²) in [6.45, 7) is 0.696. The lowest BCUT2D eigenvalue weighted by Crippen LogP contribution is -2.47. The smallest absolute Gasteiger partial charge is 0.355 e. The van der Waals surface area contributed by atoms with Crippen molar-refractivity contribution in [1.29, 1.82) is 0 Å². The minimum Gasteiger partial charge on any atom is -0.355 e. The third-order valence-electron chi connectivity index (χ3n) is 2.97. The molecule has 1 saturated carbocycles. The van der Waals surface area contributed by atoms with Gasteiger partial charge < -0.3 is 17.7 Å². The molecule has 0 amide bonds. The SMILES string of the molecule is CO[Si](OC)(OC)OCC1CCCCC1. The molecule has 0 aromatic heterocycles. The van der Waals surface area contributed by atoms with Crippen molar-refractivity contribution < 1.29 is 17.7 Å². The maximum Gasteiger partial charge on any atom is 0.678 e. The summed E-state index contributed by atoms with van der Waals surface area (Å²) in [5.41, 5.74) is 0. The first-order chi connectivity index (χ1) is 7.26. The molecule has 1 fully saturated rings. The first kappa shape index (κ1) is 13.1. The first-order valence-electron chi connectivity index (χ1n) is 5.55. The molecule has 1 aliphatic carbocycles. The Morgan fingerprint density at radius 3 is 1.93 bits per heavy atom. The quantitative estimate of drug-likeness (QED) is 0.658. The third kappa shape index (κ3) is 3.84. The van der Waals surface area contributed by atoms with E-state index >= 15 is 0 Å². The van der Waals surface area contributed by atoms with Crippen molar-refractivity contribution in [3.8, 4) is 0 Å². The fourth-order valence-corrected chi connectivity index (χ4v) is 3.29. The molecule has 0 bridgehead atoms. The molecule has 0 N–H and O–H groups in total. The summed E-state index contributed by atoms with van der Waals surface area (Å²) in [5, 5.41) is 0. The predicted molar refractivity (Wildman–Crippen MR) is 59.3 cm³/mol. The van der Waals surface area contributed by atoms with Gasteiger partial charge in [-0.15, -0.1) is 0 Å². The number of hydrogen-bond donors (Lipinski definition) is 0. The highest BCUT2D eigenvalue weighted by atomic mass is 28.4. The van der Waals surface area contributed by atoms with Crippen LogP contribution in [0.2, 0.25) is 0 Å². The van der Waals surface area contributed by atoms with E-state index in [1.165, 1.54) is 32.1 Å². The molecule has 0 radical (unpaired) electrons. The maximum atomic E-state index is 5.69. The molecular formula is C10H22O4Si. The van der Waals surface area contributed by atoms with Crippen molar-refractivity contribution in [1.82, 2.24) is 0 Å². The second-order valence-corrected chi connectivity index (χ2v) is 6.44. The predicted octanol–water partition coefficient (Wildman–Crippen LogP) is 1.96. The van der Waals surface area contributed by atoms with Crippen molar-refractivity contribution >= 4 is 9.05 Å². The van der Waals surface area contributed by atoms with Gasteiger partial charge in [-0.2, -0.15) is 0 Å². The molecule has 0 unspecified atom stereocenters. The Hall–Kier alpha value is 0.0569. The molecule has 1 aliphatic rings. The maximum absolute atomic E-state index is 5.69. The Morgan fingerprint density at radius 1 is 0.933 bits per heavy atom. The lowest BCUT2D eigenvalue weighted by molar-refractivity contribution is -0.00628. The van der Waals surface area contributed by atoms with Gasteiger partial charge in [0.05, 0.1) is 0 Å². The molecule has 0 aliphatic heterocycles. The fraction of sp³-hybridized carbons (Fsp3) is 1.00. The van der Waals surface area contributed by atoms with E-state index in [2.05, 4.69) is 0 Å². The number of rotatable bonds is 6. The highest BCUT2D eigenvalue weighted by Gasteiger charge is 2.42. The van der Waals surface area contributed by atoms with Crippen molar-refractivity contribution in [2.24, 2.45) is 5.92 Å². The Kier molecular flexibility index (Phi) is 5.77. The minimum absolute atomic E-state index is 0.645. The molecule has 0 atom stereocenters. The van der Waals surface area contributed by atoms with Gasteiger partial charge in [0.15, 0.2) is 0 Å². The fourth-order valence-electron chi connectivity index (χ4n) is 2.00. The Balaban J connectivity index is 2.31. The van der Waals surface area contributed by atoms with Gasteiger partial charge in [0.2, 0.25) is 0 Å². The molecule has 0 aromatic carbocycles. The van der Waals surface area contributed by atoms with Crippen LogP contribution in [0.4, 0.5) is 0 Å².